The number of carbonyl (C=O) groups is 1. The normalized spacial score (nSPS) is 22.5. The molecule has 0 aromatic carbocycles. The zero-order valence-corrected chi connectivity index (χ0v) is 7.37. The number of rotatable bonds is 0. The number of hydrogen-bond donors (Lipinski definition) is 0. The standard InChI is InChI=1S/C9H12N2O/c1-6-3-4-11-8(9(6)12)7(2)5-10-11/h5-6H,3-4H2,1-2H3. The highest BCUT2D eigenvalue weighted by Crippen LogP contribution is 2.21. The largest absolute Gasteiger partial charge is 0.292 e. The van der Waals surface area contributed by atoms with Crippen LogP contribution in [-0.2, 0) is 6.54 Å². The van der Waals surface area contributed by atoms with Crippen molar-refractivity contribution in [1.82, 2.24) is 9.78 Å². The average Bonchev–Trinajstić information content (AvgIpc) is 2.41. The lowest BCUT2D eigenvalue weighted by Gasteiger charge is -2.18. The van der Waals surface area contributed by atoms with Crippen LogP contribution in [-0.4, -0.2) is 15.6 Å². The fourth-order valence-electron chi connectivity index (χ4n) is 1.65. The van der Waals surface area contributed by atoms with E-state index in [0.717, 1.165) is 24.2 Å². The van der Waals surface area contributed by atoms with E-state index < -0.39 is 0 Å². The molecule has 1 atom stereocenters. The first-order chi connectivity index (χ1) is 5.70. The van der Waals surface area contributed by atoms with Crippen molar-refractivity contribution in [2.45, 2.75) is 26.8 Å². The van der Waals surface area contributed by atoms with Crippen molar-refractivity contribution in [3.63, 3.8) is 0 Å². The van der Waals surface area contributed by atoms with E-state index in [0.29, 0.717) is 0 Å². The van der Waals surface area contributed by atoms with Crippen molar-refractivity contribution in [3.05, 3.63) is 17.5 Å². The minimum Gasteiger partial charge on any atom is -0.292 e. The number of hydrogen-bond acceptors (Lipinski definition) is 2. The van der Waals surface area contributed by atoms with E-state index in [1.54, 1.807) is 6.20 Å². The third-order valence-electron chi connectivity index (χ3n) is 2.48. The summed E-state index contributed by atoms with van der Waals surface area (Å²) < 4.78 is 1.82. The molecule has 0 saturated heterocycles. The van der Waals surface area contributed by atoms with Crippen LogP contribution in [0.2, 0.25) is 0 Å². The van der Waals surface area contributed by atoms with Crippen molar-refractivity contribution in [2.75, 3.05) is 0 Å². The number of aryl methyl sites for hydroxylation is 2. The fourth-order valence-corrected chi connectivity index (χ4v) is 1.65. The highest BCUT2D eigenvalue weighted by atomic mass is 16.1. The molecular formula is C9H12N2O. The Kier molecular flexibility index (Phi) is 1.53. The Hall–Kier alpha value is -1.12. The van der Waals surface area contributed by atoms with Crippen molar-refractivity contribution >= 4 is 5.78 Å². The fraction of sp³-hybridized carbons (Fsp3) is 0.556. The van der Waals surface area contributed by atoms with Gasteiger partial charge in [-0.15, -0.1) is 0 Å². The first kappa shape index (κ1) is 7.53. The number of Topliss-reactive ketones (excluding diaryl/α,β-unsaturated/α-hetero) is 1. The highest BCUT2D eigenvalue weighted by molar-refractivity contribution is 5.97. The second-order valence-corrected chi connectivity index (χ2v) is 3.45. The molecule has 64 valence electrons. The molecule has 1 aromatic rings. The molecule has 0 aliphatic carbocycles. The topological polar surface area (TPSA) is 34.9 Å². The van der Waals surface area contributed by atoms with Crippen LogP contribution < -0.4 is 0 Å². The minimum absolute atomic E-state index is 0.174. The summed E-state index contributed by atoms with van der Waals surface area (Å²) >= 11 is 0. The average molecular weight is 164 g/mol. The van der Waals surface area contributed by atoms with E-state index in [-0.39, 0.29) is 11.7 Å². The zero-order valence-electron chi connectivity index (χ0n) is 7.37. The van der Waals surface area contributed by atoms with E-state index in [1.165, 1.54) is 0 Å². The van der Waals surface area contributed by atoms with Gasteiger partial charge < -0.3 is 0 Å². The molecule has 1 aliphatic heterocycles. The number of fused-ring (bicyclic) bond motifs is 1. The molecule has 0 spiro atoms. The summed E-state index contributed by atoms with van der Waals surface area (Å²) in [6, 6.07) is 0. The molecule has 0 saturated carbocycles. The summed E-state index contributed by atoms with van der Waals surface area (Å²) in [5.41, 5.74) is 1.82. The van der Waals surface area contributed by atoms with Crippen molar-refractivity contribution in [2.24, 2.45) is 5.92 Å². The van der Waals surface area contributed by atoms with Crippen molar-refractivity contribution in [1.29, 1.82) is 0 Å². The molecule has 12 heavy (non-hydrogen) atoms. The minimum atomic E-state index is 0.174. The van der Waals surface area contributed by atoms with Gasteiger partial charge in [-0.1, -0.05) is 6.92 Å². The van der Waals surface area contributed by atoms with Crippen LogP contribution in [0.4, 0.5) is 0 Å². The summed E-state index contributed by atoms with van der Waals surface area (Å²) in [5, 5.41) is 4.14. The maximum atomic E-state index is 11.6. The molecule has 1 unspecified atom stereocenters. The Morgan fingerprint density at radius 3 is 3.17 bits per heavy atom. The molecule has 1 aromatic heterocycles. The van der Waals surface area contributed by atoms with Crippen LogP contribution in [0.5, 0.6) is 0 Å². The molecular weight excluding hydrogens is 152 g/mol. The molecule has 2 rings (SSSR count). The lowest BCUT2D eigenvalue weighted by atomic mass is 9.95. The van der Waals surface area contributed by atoms with Gasteiger partial charge in [-0.2, -0.15) is 5.10 Å². The number of ketones is 1. The Morgan fingerprint density at radius 1 is 1.67 bits per heavy atom. The van der Waals surface area contributed by atoms with Gasteiger partial charge in [0.25, 0.3) is 0 Å². The first-order valence-electron chi connectivity index (χ1n) is 4.27. The SMILES string of the molecule is Cc1cnn2c1C(=O)C(C)CC2. The lowest BCUT2D eigenvalue weighted by Crippen LogP contribution is -2.25. The molecule has 2 heterocycles. The highest BCUT2D eigenvalue weighted by Gasteiger charge is 2.26. The van der Waals surface area contributed by atoms with Gasteiger partial charge >= 0.3 is 0 Å². The Labute approximate surface area is 71.4 Å². The van der Waals surface area contributed by atoms with Gasteiger partial charge in [0.2, 0.25) is 0 Å². The van der Waals surface area contributed by atoms with Crippen LogP contribution in [0.25, 0.3) is 0 Å². The Balaban J connectivity index is 2.53. The molecule has 0 N–H and O–H groups in total. The monoisotopic (exact) mass is 164 g/mol. The Bertz CT molecular complexity index is 327. The van der Waals surface area contributed by atoms with E-state index in [2.05, 4.69) is 5.10 Å². The molecule has 3 heteroatoms. The summed E-state index contributed by atoms with van der Waals surface area (Å²) in [4.78, 5) is 11.6. The predicted molar refractivity (Wildman–Crippen MR) is 45.1 cm³/mol. The van der Waals surface area contributed by atoms with Crippen molar-refractivity contribution < 1.29 is 4.79 Å². The molecule has 0 amide bonds. The van der Waals surface area contributed by atoms with Gasteiger partial charge in [-0.05, 0) is 18.9 Å². The van der Waals surface area contributed by atoms with E-state index >= 15 is 0 Å². The maximum absolute atomic E-state index is 11.6. The van der Waals surface area contributed by atoms with Gasteiger partial charge in [0.1, 0.15) is 5.69 Å². The van der Waals surface area contributed by atoms with E-state index in [9.17, 15) is 4.79 Å². The molecule has 0 radical (unpaired) electrons. The summed E-state index contributed by atoms with van der Waals surface area (Å²) in [7, 11) is 0. The molecule has 0 fully saturated rings. The number of aromatic nitrogens is 2. The van der Waals surface area contributed by atoms with Gasteiger partial charge in [0, 0.05) is 12.5 Å². The number of carbonyl (C=O) groups excluding carboxylic acids is 1. The second-order valence-electron chi connectivity index (χ2n) is 3.45. The number of nitrogens with zero attached hydrogens (tertiary/aromatic N) is 2. The van der Waals surface area contributed by atoms with Crippen LogP contribution >= 0.6 is 0 Å². The third-order valence-corrected chi connectivity index (χ3v) is 2.48. The summed E-state index contributed by atoms with van der Waals surface area (Å²) in [6.45, 7) is 4.81. The molecule has 1 aliphatic rings. The summed E-state index contributed by atoms with van der Waals surface area (Å²) in [6.07, 6.45) is 2.69. The zero-order chi connectivity index (χ0) is 8.72. The van der Waals surface area contributed by atoms with Gasteiger partial charge in [0.05, 0.1) is 6.20 Å². The first-order valence-corrected chi connectivity index (χ1v) is 4.27. The quantitative estimate of drug-likeness (QED) is 0.581. The van der Waals surface area contributed by atoms with Crippen LogP contribution in [0.15, 0.2) is 6.20 Å². The third kappa shape index (κ3) is 0.891. The van der Waals surface area contributed by atoms with Crippen LogP contribution in [0, 0.1) is 12.8 Å². The predicted octanol–water partition coefficient (Wildman–Crippen LogP) is 1.41. The Morgan fingerprint density at radius 2 is 2.42 bits per heavy atom. The van der Waals surface area contributed by atoms with E-state index in [4.69, 9.17) is 0 Å². The molecule has 0 bridgehead atoms. The van der Waals surface area contributed by atoms with Gasteiger partial charge in [-0.3, -0.25) is 9.48 Å². The van der Waals surface area contributed by atoms with E-state index in [1.807, 2.05) is 18.5 Å². The lowest BCUT2D eigenvalue weighted by molar-refractivity contribution is 0.0885. The van der Waals surface area contributed by atoms with Crippen molar-refractivity contribution in [3.8, 4) is 0 Å². The maximum Gasteiger partial charge on any atom is 0.183 e. The van der Waals surface area contributed by atoms with Gasteiger partial charge in [0.15, 0.2) is 5.78 Å². The van der Waals surface area contributed by atoms with Gasteiger partial charge in [-0.25, -0.2) is 0 Å². The van der Waals surface area contributed by atoms with Crippen LogP contribution in [0.1, 0.15) is 29.4 Å². The molecule has 3 nitrogen and oxygen atoms in total. The summed E-state index contributed by atoms with van der Waals surface area (Å²) in [5.74, 6) is 0.421. The van der Waals surface area contributed by atoms with Crippen LogP contribution in [0.3, 0.4) is 0 Å². The second kappa shape index (κ2) is 2.44. The smallest absolute Gasteiger partial charge is 0.183 e.